The summed E-state index contributed by atoms with van der Waals surface area (Å²) in [6.07, 6.45) is 1.43. The van der Waals surface area contributed by atoms with E-state index in [1.165, 1.54) is 27.7 Å². The summed E-state index contributed by atoms with van der Waals surface area (Å²) in [6.45, 7) is 0.568. The third-order valence-corrected chi connectivity index (χ3v) is 4.68. The first kappa shape index (κ1) is 17.6. The van der Waals surface area contributed by atoms with E-state index in [0.717, 1.165) is 11.1 Å². The second-order valence-corrected chi connectivity index (χ2v) is 6.80. The molecule has 0 amide bonds. The van der Waals surface area contributed by atoms with E-state index in [9.17, 15) is 9.18 Å². The minimum absolute atomic E-state index is 0.157. The lowest BCUT2D eigenvalue weighted by atomic mass is 10.2. The molecule has 4 rings (SSSR count). The Labute approximate surface area is 162 Å². The zero-order valence-electron chi connectivity index (χ0n) is 13.8. The highest BCUT2D eigenvalue weighted by Crippen LogP contribution is 2.21. The Hall–Kier alpha value is -2.77. The Kier molecular flexibility index (Phi) is 4.63. The Morgan fingerprint density at radius 2 is 1.81 bits per heavy atom. The van der Waals surface area contributed by atoms with E-state index in [0.29, 0.717) is 22.2 Å². The maximum absolute atomic E-state index is 13.0. The maximum atomic E-state index is 13.0. The molecule has 27 heavy (non-hydrogen) atoms. The van der Waals surface area contributed by atoms with Gasteiger partial charge in [0.2, 0.25) is 0 Å². The molecule has 0 aliphatic rings. The molecule has 4 aromatic rings. The van der Waals surface area contributed by atoms with Crippen molar-refractivity contribution < 1.29 is 4.39 Å². The van der Waals surface area contributed by atoms with Crippen molar-refractivity contribution in [2.24, 2.45) is 0 Å². The van der Waals surface area contributed by atoms with Crippen LogP contribution in [0.4, 0.5) is 4.39 Å². The fourth-order valence-electron chi connectivity index (χ4n) is 2.70. The van der Waals surface area contributed by atoms with E-state index in [1.807, 2.05) is 0 Å². The third-order valence-electron chi connectivity index (χ3n) is 4.09. The number of hydrogen-bond acceptors (Lipinski definition) is 4. The van der Waals surface area contributed by atoms with E-state index in [-0.39, 0.29) is 23.4 Å². The van der Waals surface area contributed by atoms with Gasteiger partial charge in [-0.1, -0.05) is 46.6 Å². The summed E-state index contributed by atoms with van der Waals surface area (Å²) in [5.41, 5.74) is 1.76. The number of halogens is 3. The van der Waals surface area contributed by atoms with Crippen LogP contribution in [-0.4, -0.2) is 24.5 Å². The predicted molar refractivity (Wildman–Crippen MR) is 101 cm³/mol. The van der Waals surface area contributed by atoms with Crippen molar-refractivity contribution in [2.75, 3.05) is 0 Å². The fourth-order valence-corrected chi connectivity index (χ4v) is 3.17. The van der Waals surface area contributed by atoms with Gasteiger partial charge in [0.1, 0.15) is 12.1 Å². The molecule has 136 valence electrons. The van der Waals surface area contributed by atoms with Gasteiger partial charge in [0.15, 0.2) is 11.2 Å². The molecule has 0 atom stereocenters. The Morgan fingerprint density at radius 3 is 2.56 bits per heavy atom. The number of hydrogen-bond donors (Lipinski definition) is 0. The summed E-state index contributed by atoms with van der Waals surface area (Å²) in [5.74, 6) is -0.316. The van der Waals surface area contributed by atoms with Crippen molar-refractivity contribution in [3.05, 3.63) is 86.1 Å². The van der Waals surface area contributed by atoms with Crippen molar-refractivity contribution in [3.63, 3.8) is 0 Å². The molecule has 9 heteroatoms. The van der Waals surface area contributed by atoms with Crippen LogP contribution in [0.2, 0.25) is 10.0 Å². The second kappa shape index (κ2) is 7.09. The maximum Gasteiger partial charge on any atom is 0.283 e. The highest BCUT2D eigenvalue weighted by atomic mass is 35.5. The lowest BCUT2D eigenvalue weighted by Crippen LogP contribution is -2.21. The standard InChI is InChI=1S/C18H12Cl2FN5O/c19-13-4-3-12(15(20)7-13)9-25-10-22-17-16(18(25)27)23-24-26(17)8-11-1-5-14(21)6-2-11/h1-7,10H,8-9H2. The summed E-state index contributed by atoms with van der Waals surface area (Å²) in [6, 6.07) is 11.1. The molecule has 0 saturated carbocycles. The molecular weight excluding hydrogens is 392 g/mol. The van der Waals surface area contributed by atoms with Gasteiger partial charge in [0.05, 0.1) is 13.1 Å². The average molecular weight is 404 g/mol. The zero-order valence-corrected chi connectivity index (χ0v) is 15.3. The Bertz CT molecular complexity index is 1190. The van der Waals surface area contributed by atoms with Crippen molar-refractivity contribution in [1.29, 1.82) is 0 Å². The van der Waals surface area contributed by atoms with Gasteiger partial charge in [0.25, 0.3) is 5.56 Å². The van der Waals surface area contributed by atoms with E-state index in [1.54, 1.807) is 30.3 Å². The van der Waals surface area contributed by atoms with Crippen LogP contribution in [0.1, 0.15) is 11.1 Å². The first-order valence-electron chi connectivity index (χ1n) is 7.98. The smallest absolute Gasteiger partial charge is 0.283 e. The summed E-state index contributed by atoms with van der Waals surface area (Å²) in [4.78, 5) is 17.0. The molecule has 0 radical (unpaired) electrons. The van der Waals surface area contributed by atoms with E-state index >= 15 is 0 Å². The lowest BCUT2D eigenvalue weighted by molar-refractivity contribution is 0.623. The van der Waals surface area contributed by atoms with Crippen LogP contribution in [0.15, 0.2) is 53.6 Å². The molecule has 0 aliphatic carbocycles. The monoisotopic (exact) mass is 403 g/mol. The Morgan fingerprint density at radius 1 is 1.04 bits per heavy atom. The Balaban J connectivity index is 1.67. The van der Waals surface area contributed by atoms with Crippen molar-refractivity contribution in [2.45, 2.75) is 13.1 Å². The van der Waals surface area contributed by atoms with Gasteiger partial charge in [-0.05, 0) is 35.4 Å². The van der Waals surface area contributed by atoms with Gasteiger partial charge >= 0.3 is 0 Å². The van der Waals surface area contributed by atoms with Gasteiger partial charge in [0, 0.05) is 10.0 Å². The first-order valence-corrected chi connectivity index (χ1v) is 8.74. The lowest BCUT2D eigenvalue weighted by Gasteiger charge is -2.08. The SMILES string of the molecule is O=c1c2nnn(Cc3ccc(F)cc3)c2ncn1Cc1ccc(Cl)cc1Cl. The average Bonchev–Trinajstić information content (AvgIpc) is 3.05. The summed E-state index contributed by atoms with van der Waals surface area (Å²) < 4.78 is 16.0. The molecule has 0 saturated heterocycles. The fraction of sp³-hybridized carbons (Fsp3) is 0.111. The molecular formula is C18H12Cl2FN5O. The molecule has 0 fully saturated rings. The van der Waals surface area contributed by atoms with Crippen molar-refractivity contribution in [3.8, 4) is 0 Å². The van der Waals surface area contributed by atoms with Crippen LogP contribution >= 0.6 is 23.2 Å². The highest BCUT2D eigenvalue weighted by molar-refractivity contribution is 6.35. The first-order chi connectivity index (χ1) is 13.0. The molecule has 2 aromatic heterocycles. The summed E-state index contributed by atoms with van der Waals surface area (Å²) in [5, 5.41) is 8.95. The van der Waals surface area contributed by atoms with Crippen LogP contribution in [0.5, 0.6) is 0 Å². The zero-order chi connectivity index (χ0) is 19.0. The summed E-state index contributed by atoms with van der Waals surface area (Å²) >= 11 is 12.1. The van der Waals surface area contributed by atoms with E-state index in [4.69, 9.17) is 23.2 Å². The van der Waals surface area contributed by atoms with Crippen molar-refractivity contribution >= 4 is 34.4 Å². The molecule has 6 nitrogen and oxygen atoms in total. The molecule has 0 N–H and O–H groups in total. The van der Waals surface area contributed by atoms with Gasteiger partial charge in [-0.2, -0.15) is 0 Å². The number of fused-ring (bicyclic) bond motifs is 1. The number of benzene rings is 2. The van der Waals surface area contributed by atoms with Gasteiger partial charge < -0.3 is 0 Å². The van der Waals surface area contributed by atoms with Gasteiger partial charge in [-0.25, -0.2) is 14.1 Å². The minimum atomic E-state index is -0.323. The highest BCUT2D eigenvalue weighted by Gasteiger charge is 2.13. The largest absolute Gasteiger partial charge is 0.293 e. The topological polar surface area (TPSA) is 65.6 Å². The minimum Gasteiger partial charge on any atom is -0.293 e. The van der Waals surface area contributed by atoms with Crippen LogP contribution in [-0.2, 0) is 13.1 Å². The van der Waals surface area contributed by atoms with Crippen LogP contribution in [0.25, 0.3) is 11.2 Å². The van der Waals surface area contributed by atoms with Crippen molar-refractivity contribution in [1.82, 2.24) is 24.5 Å². The molecule has 0 spiro atoms. The van der Waals surface area contributed by atoms with Crippen LogP contribution in [0.3, 0.4) is 0 Å². The summed E-state index contributed by atoms with van der Waals surface area (Å²) in [7, 11) is 0. The van der Waals surface area contributed by atoms with E-state index < -0.39 is 0 Å². The van der Waals surface area contributed by atoms with Crippen LogP contribution in [0, 0.1) is 5.82 Å². The van der Waals surface area contributed by atoms with Gasteiger partial charge in [-0.3, -0.25) is 9.36 Å². The molecule has 0 aliphatic heterocycles. The third kappa shape index (κ3) is 3.56. The number of rotatable bonds is 4. The van der Waals surface area contributed by atoms with Crippen LogP contribution < -0.4 is 5.56 Å². The predicted octanol–water partition coefficient (Wildman–Crippen LogP) is 3.53. The molecule has 0 bridgehead atoms. The molecule has 2 aromatic carbocycles. The molecule has 0 unspecified atom stereocenters. The quantitative estimate of drug-likeness (QED) is 0.522. The number of aromatic nitrogens is 5. The molecule has 2 heterocycles. The van der Waals surface area contributed by atoms with Gasteiger partial charge in [-0.15, -0.1) is 5.10 Å². The van der Waals surface area contributed by atoms with E-state index in [2.05, 4.69) is 15.3 Å². The normalized spacial score (nSPS) is 11.2. The second-order valence-electron chi connectivity index (χ2n) is 5.96. The number of nitrogens with zero attached hydrogens (tertiary/aromatic N) is 5.